The first-order valence-corrected chi connectivity index (χ1v) is 8.67. The first-order chi connectivity index (χ1) is 9.07. The molecule has 2 aromatic heterocycles. The Labute approximate surface area is 115 Å². The third-order valence-corrected chi connectivity index (χ3v) is 5.70. The first-order valence-electron chi connectivity index (χ1n) is 5.97. The standard InChI is InChI=1S/C11H14N4O2S2/c1-12-11-14-9(8-2-4-18-10(8)15-11)13-7-3-5-19(16,17)6-7/h2,4,7H,3,5-6H2,1H3,(H2,12,13,14,15). The van der Waals surface area contributed by atoms with Crippen molar-refractivity contribution in [1.29, 1.82) is 0 Å². The van der Waals surface area contributed by atoms with E-state index in [4.69, 9.17) is 0 Å². The van der Waals surface area contributed by atoms with Gasteiger partial charge >= 0.3 is 0 Å². The van der Waals surface area contributed by atoms with Crippen LogP contribution >= 0.6 is 11.3 Å². The molecule has 6 nitrogen and oxygen atoms in total. The number of nitrogens with one attached hydrogen (secondary N) is 2. The Morgan fingerprint density at radius 1 is 1.42 bits per heavy atom. The van der Waals surface area contributed by atoms with E-state index in [0.29, 0.717) is 18.2 Å². The number of nitrogens with zero attached hydrogens (tertiary/aromatic N) is 2. The molecule has 102 valence electrons. The summed E-state index contributed by atoms with van der Waals surface area (Å²) in [5, 5.41) is 9.05. The second-order valence-electron chi connectivity index (χ2n) is 4.53. The third-order valence-electron chi connectivity index (χ3n) is 3.12. The summed E-state index contributed by atoms with van der Waals surface area (Å²) in [5.41, 5.74) is 0. The highest BCUT2D eigenvalue weighted by molar-refractivity contribution is 7.91. The molecule has 1 fully saturated rings. The second kappa shape index (κ2) is 4.61. The summed E-state index contributed by atoms with van der Waals surface area (Å²) < 4.78 is 23.0. The van der Waals surface area contributed by atoms with Crippen LogP contribution in [0.25, 0.3) is 10.2 Å². The number of hydrogen-bond acceptors (Lipinski definition) is 7. The number of rotatable bonds is 3. The van der Waals surface area contributed by atoms with Gasteiger partial charge in [0.25, 0.3) is 0 Å². The van der Waals surface area contributed by atoms with E-state index in [1.165, 1.54) is 11.3 Å². The molecule has 0 aliphatic carbocycles. The van der Waals surface area contributed by atoms with Crippen LogP contribution in [-0.2, 0) is 9.84 Å². The topological polar surface area (TPSA) is 84.0 Å². The molecule has 3 rings (SSSR count). The van der Waals surface area contributed by atoms with Gasteiger partial charge in [-0.15, -0.1) is 11.3 Å². The van der Waals surface area contributed by atoms with Crippen LogP contribution in [0.2, 0.25) is 0 Å². The predicted molar refractivity (Wildman–Crippen MR) is 77.6 cm³/mol. The van der Waals surface area contributed by atoms with E-state index < -0.39 is 9.84 Å². The lowest BCUT2D eigenvalue weighted by Crippen LogP contribution is -2.21. The molecule has 2 N–H and O–H groups in total. The molecule has 1 saturated heterocycles. The Hall–Kier alpha value is -1.41. The van der Waals surface area contributed by atoms with Gasteiger partial charge in [0.2, 0.25) is 5.95 Å². The van der Waals surface area contributed by atoms with Gasteiger partial charge < -0.3 is 10.6 Å². The highest BCUT2D eigenvalue weighted by Crippen LogP contribution is 2.28. The predicted octanol–water partition coefficient (Wildman–Crippen LogP) is 1.33. The maximum absolute atomic E-state index is 11.5. The molecule has 1 unspecified atom stereocenters. The molecule has 19 heavy (non-hydrogen) atoms. The fourth-order valence-corrected chi connectivity index (χ4v) is 4.62. The van der Waals surface area contributed by atoms with E-state index in [1.807, 2.05) is 11.4 Å². The van der Waals surface area contributed by atoms with Gasteiger partial charge in [0.05, 0.1) is 16.9 Å². The van der Waals surface area contributed by atoms with Crippen molar-refractivity contribution >= 4 is 43.2 Å². The molecule has 3 heterocycles. The fraction of sp³-hybridized carbons (Fsp3) is 0.455. The van der Waals surface area contributed by atoms with Crippen LogP contribution in [0.4, 0.5) is 11.8 Å². The van der Waals surface area contributed by atoms with Gasteiger partial charge in [-0.1, -0.05) is 0 Å². The van der Waals surface area contributed by atoms with Gasteiger partial charge in [-0.3, -0.25) is 0 Å². The number of thiophene rings is 1. The van der Waals surface area contributed by atoms with Crippen molar-refractivity contribution in [3.63, 3.8) is 0 Å². The normalized spacial score (nSPS) is 21.6. The van der Waals surface area contributed by atoms with E-state index in [2.05, 4.69) is 20.6 Å². The van der Waals surface area contributed by atoms with Crippen molar-refractivity contribution in [2.24, 2.45) is 0 Å². The average molecular weight is 298 g/mol. The minimum Gasteiger partial charge on any atom is -0.366 e. The lowest BCUT2D eigenvalue weighted by molar-refractivity contribution is 0.602. The van der Waals surface area contributed by atoms with Gasteiger partial charge in [0.1, 0.15) is 10.6 Å². The highest BCUT2D eigenvalue weighted by atomic mass is 32.2. The molecular formula is C11H14N4O2S2. The lowest BCUT2D eigenvalue weighted by Gasteiger charge is -2.13. The minimum absolute atomic E-state index is 0.0623. The van der Waals surface area contributed by atoms with Crippen molar-refractivity contribution in [3.8, 4) is 0 Å². The summed E-state index contributed by atoms with van der Waals surface area (Å²) in [4.78, 5) is 9.63. The van der Waals surface area contributed by atoms with Crippen molar-refractivity contribution in [3.05, 3.63) is 11.4 Å². The quantitative estimate of drug-likeness (QED) is 0.889. The lowest BCUT2D eigenvalue weighted by atomic mass is 10.2. The largest absolute Gasteiger partial charge is 0.366 e. The van der Waals surface area contributed by atoms with Gasteiger partial charge in [0.15, 0.2) is 9.84 Å². The fourth-order valence-electron chi connectivity index (χ4n) is 2.18. The van der Waals surface area contributed by atoms with Crippen LogP contribution in [0.1, 0.15) is 6.42 Å². The Kier molecular flexibility index (Phi) is 3.06. The second-order valence-corrected chi connectivity index (χ2v) is 7.65. The molecule has 0 amide bonds. The molecule has 0 bridgehead atoms. The van der Waals surface area contributed by atoms with E-state index in [9.17, 15) is 8.42 Å². The summed E-state index contributed by atoms with van der Waals surface area (Å²) in [5.74, 6) is 1.68. The summed E-state index contributed by atoms with van der Waals surface area (Å²) in [6.07, 6.45) is 0.632. The molecule has 1 aliphatic heterocycles. The van der Waals surface area contributed by atoms with Crippen molar-refractivity contribution in [1.82, 2.24) is 9.97 Å². The molecular weight excluding hydrogens is 284 g/mol. The third kappa shape index (κ3) is 2.50. The van der Waals surface area contributed by atoms with Crippen LogP contribution in [0.5, 0.6) is 0 Å². The monoisotopic (exact) mass is 298 g/mol. The van der Waals surface area contributed by atoms with E-state index in [-0.39, 0.29) is 17.5 Å². The SMILES string of the molecule is CNc1nc(NC2CCS(=O)(=O)C2)c2ccsc2n1. The van der Waals surface area contributed by atoms with Gasteiger partial charge in [-0.25, -0.2) is 13.4 Å². The number of fused-ring (bicyclic) bond motifs is 1. The molecule has 1 atom stereocenters. The zero-order valence-corrected chi connectivity index (χ0v) is 12.0. The van der Waals surface area contributed by atoms with Crippen LogP contribution < -0.4 is 10.6 Å². The van der Waals surface area contributed by atoms with Crippen LogP contribution in [0, 0.1) is 0 Å². The Bertz CT molecular complexity index is 711. The number of hydrogen-bond donors (Lipinski definition) is 2. The number of anilines is 2. The maximum Gasteiger partial charge on any atom is 0.225 e. The van der Waals surface area contributed by atoms with Gasteiger partial charge in [0, 0.05) is 13.1 Å². The Balaban J connectivity index is 1.94. The highest BCUT2D eigenvalue weighted by Gasteiger charge is 2.28. The van der Waals surface area contributed by atoms with Crippen LogP contribution in [0.3, 0.4) is 0 Å². The minimum atomic E-state index is -2.89. The number of sulfone groups is 1. The van der Waals surface area contributed by atoms with Gasteiger partial charge in [-0.05, 0) is 17.9 Å². The molecule has 0 saturated carbocycles. The molecule has 0 radical (unpaired) electrons. The molecule has 0 spiro atoms. The zero-order valence-electron chi connectivity index (χ0n) is 10.4. The summed E-state index contributed by atoms with van der Waals surface area (Å²) >= 11 is 1.54. The smallest absolute Gasteiger partial charge is 0.225 e. The molecule has 2 aromatic rings. The van der Waals surface area contributed by atoms with Crippen molar-refractivity contribution < 1.29 is 8.42 Å². The van der Waals surface area contributed by atoms with E-state index in [0.717, 1.165) is 10.2 Å². The summed E-state index contributed by atoms with van der Waals surface area (Å²) in [6, 6.07) is 1.89. The molecule has 0 aromatic carbocycles. The van der Waals surface area contributed by atoms with E-state index >= 15 is 0 Å². The zero-order chi connectivity index (χ0) is 13.5. The summed E-state index contributed by atoms with van der Waals surface area (Å²) in [6.45, 7) is 0. The van der Waals surface area contributed by atoms with Gasteiger partial charge in [-0.2, -0.15) is 4.98 Å². The molecule has 8 heteroatoms. The molecule has 1 aliphatic rings. The maximum atomic E-state index is 11.5. The van der Waals surface area contributed by atoms with Crippen molar-refractivity contribution in [2.75, 3.05) is 29.2 Å². The Morgan fingerprint density at radius 3 is 2.95 bits per heavy atom. The Morgan fingerprint density at radius 2 is 2.26 bits per heavy atom. The van der Waals surface area contributed by atoms with Crippen LogP contribution in [0.15, 0.2) is 11.4 Å². The number of aromatic nitrogens is 2. The van der Waals surface area contributed by atoms with Crippen LogP contribution in [-0.4, -0.2) is 43.0 Å². The van der Waals surface area contributed by atoms with E-state index in [1.54, 1.807) is 7.05 Å². The summed E-state index contributed by atoms with van der Waals surface area (Å²) in [7, 11) is -1.13. The average Bonchev–Trinajstić information content (AvgIpc) is 2.95. The first kappa shape index (κ1) is 12.6. The van der Waals surface area contributed by atoms with Crippen molar-refractivity contribution in [2.45, 2.75) is 12.5 Å².